The molecular weight excluding hydrogens is 689 g/mol. The summed E-state index contributed by atoms with van der Waals surface area (Å²) in [6.07, 6.45) is 7.51. The number of anilines is 2. The van der Waals surface area contributed by atoms with Gasteiger partial charge in [-0.1, -0.05) is 86.1 Å². The number of carbonyl (C=O) groups excluding carboxylic acids is 1. The van der Waals surface area contributed by atoms with Crippen molar-refractivity contribution in [1.29, 1.82) is 0 Å². The van der Waals surface area contributed by atoms with E-state index >= 15 is 0 Å². The minimum Gasteiger partial charge on any atom is -0.465 e. The zero-order valence-corrected chi connectivity index (χ0v) is 30.9. The van der Waals surface area contributed by atoms with Crippen molar-refractivity contribution in [1.82, 2.24) is 5.32 Å². The molecule has 2 aliphatic heterocycles. The van der Waals surface area contributed by atoms with Crippen molar-refractivity contribution >= 4 is 27.4 Å². The van der Waals surface area contributed by atoms with Crippen LogP contribution in [0.3, 0.4) is 0 Å². The molecule has 0 saturated heterocycles. The Morgan fingerprint density at radius 2 is 1.49 bits per heavy atom. The van der Waals surface area contributed by atoms with E-state index in [2.05, 4.69) is 64.5 Å². The molecule has 1 unspecified atom stereocenters. The molecule has 278 valence electrons. The quantitative estimate of drug-likeness (QED) is 0.0743. The molecule has 10 nitrogen and oxygen atoms in total. The van der Waals surface area contributed by atoms with E-state index in [1.165, 1.54) is 0 Å². The van der Waals surface area contributed by atoms with Crippen LogP contribution in [0, 0.1) is 0 Å². The molecule has 11 heteroatoms. The number of benzene rings is 4. The van der Waals surface area contributed by atoms with Crippen LogP contribution < -0.4 is 30.3 Å². The number of carbonyl (C=O) groups is 1. The highest BCUT2D eigenvalue weighted by atomic mass is 32.2. The lowest BCUT2D eigenvalue weighted by Gasteiger charge is -2.24. The fourth-order valence-corrected chi connectivity index (χ4v) is 7.16. The normalized spacial score (nSPS) is 15.9. The topological polar surface area (TPSA) is 134 Å². The molecule has 2 heterocycles. The van der Waals surface area contributed by atoms with Crippen LogP contribution in [0.5, 0.6) is 11.5 Å². The summed E-state index contributed by atoms with van der Waals surface area (Å²) in [5.41, 5.74) is 12.6. The van der Waals surface area contributed by atoms with Gasteiger partial charge in [-0.05, 0) is 83.9 Å². The summed E-state index contributed by atoms with van der Waals surface area (Å²) < 4.78 is 45.8. The van der Waals surface area contributed by atoms with Crippen LogP contribution in [-0.2, 0) is 14.9 Å². The number of allylic oxidation sites excluding steroid dienone is 2. The first kappa shape index (κ1) is 37.7. The first-order chi connectivity index (χ1) is 25.7. The van der Waals surface area contributed by atoms with Gasteiger partial charge in [0.2, 0.25) is 11.8 Å². The first-order valence-corrected chi connectivity index (χ1v) is 20.0. The van der Waals surface area contributed by atoms with E-state index < -0.39 is 16.3 Å². The molecule has 6 rings (SSSR count). The van der Waals surface area contributed by atoms with E-state index in [1.54, 1.807) is 0 Å². The zero-order valence-electron chi connectivity index (χ0n) is 30.1. The summed E-state index contributed by atoms with van der Waals surface area (Å²) in [7, 11) is -4.12. The SMILES string of the molecule is CCC(/C=C1\Oc2ccc(-c3ccccc3)cc2N1CCCCCC(=O)NCCN)=C\C1Oc2ccc(-c3ccccc3)cc2N1CCCS(=O)(=O)O. The Morgan fingerprint density at radius 1 is 0.830 bits per heavy atom. The van der Waals surface area contributed by atoms with E-state index in [9.17, 15) is 17.8 Å². The van der Waals surface area contributed by atoms with Crippen LogP contribution in [0.1, 0.15) is 45.4 Å². The van der Waals surface area contributed by atoms with Gasteiger partial charge in [0.15, 0.2) is 12.0 Å². The molecule has 0 aliphatic carbocycles. The Labute approximate surface area is 312 Å². The first-order valence-electron chi connectivity index (χ1n) is 18.3. The number of hydrogen-bond donors (Lipinski definition) is 3. The predicted octanol–water partition coefficient (Wildman–Crippen LogP) is 7.54. The monoisotopic (exact) mass is 736 g/mol. The van der Waals surface area contributed by atoms with Crippen molar-refractivity contribution in [3.05, 3.63) is 121 Å². The highest BCUT2D eigenvalue weighted by molar-refractivity contribution is 7.85. The lowest BCUT2D eigenvalue weighted by atomic mass is 10.0. The Balaban J connectivity index is 1.27. The number of fused-ring (bicyclic) bond motifs is 2. The van der Waals surface area contributed by atoms with E-state index in [0.29, 0.717) is 50.7 Å². The molecule has 4 aromatic carbocycles. The number of nitrogens with one attached hydrogen (secondary N) is 1. The molecule has 4 aromatic rings. The molecule has 2 aliphatic rings. The second-order valence-corrected chi connectivity index (χ2v) is 14.8. The fraction of sp³-hybridized carbons (Fsp3) is 0.310. The molecule has 0 spiro atoms. The number of hydrogen-bond acceptors (Lipinski definition) is 8. The lowest BCUT2D eigenvalue weighted by molar-refractivity contribution is -0.121. The average Bonchev–Trinajstić information content (AvgIpc) is 3.69. The lowest BCUT2D eigenvalue weighted by Crippen LogP contribution is -2.35. The van der Waals surface area contributed by atoms with E-state index in [1.807, 2.05) is 66.7 Å². The van der Waals surface area contributed by atoms with E-state index in [0.717, 1.165) is 64.2 Å². The van der Waals surface area contributed by atoms with E-state index in [-0.39, 0.29) is 18.1 Å². The number of amides is 1. The Kier molecular flexibility index (Phi) is 12.5. The van der Waals surface area contributed by atoms with Crippen molar-refractivity contribution in [2.24, 2.45) is 5.73 Å². The standard InChI is InChI=1S/C42H48N4O6S/c1-2-31(28-42-46(25-12-26-53(48,49)50)37-30-35(19-21-39(37)52-42)33-15-8-4-9-16-33)27-41-45(24-11-5-10-17-40(47)44-23-22-43)36-29-34(18-20-38(36)51-41)32-13-6-3-7-14-32/h3-4,6-9,13-16,18-21,27-30,42H,2,5,10-12,17,22-26,43H2,1H3,(H,44,47)(H,48,49,50)/b31-28+,41-27-. The number of ether oxygens (including phenoxy) is 2. The van der Waals surface area contributed by atoms with Crippen molar-refractivity contribution < 1.29 is 27.2 Å². The molecule has 0 saturated carbocycles. The summed E-state index contributed by atoms with van der Waals surface area (Å²) >= 11 is 0. The van der Waals surface area contributed by atoms with Crippen molar-refractivity contribution in [3.8, 4) is 33.8 Å². The maximum Gasteiger partial charge on any atom is 0.264 e. The summed E-state index contributed by atoms with van der Waals surface area (Å²) in [6, 6.07) is 32.6. The zero-order chi connectivity index (χ0) is 37.2. The highest BCUT2D eigenvalue weighted by Gasteiger charge is 2.31. The second kappa shape index (κ2) is 17.6. The van der Waals surface area contributed by atoms with Gasteiger partial charge in [0, 0.05) is 38.7 Å². The van der Waals surface area contributed by atoms with Gasteiger partial charge in [-0.15, -0.1) is 0 Å². The predicted molar refractivity (Wildman–Crippen MR) is 212 cm³/mol. The average molecular weight is 737 g/mol. The largest absolute Gasteiger partial charge is 0.465 e. The van der Waals surface area contributed by atoms with Gasteiger partial charge in [-0.25, -0.2) is 0 Å². The molecule has 0 aromatic heterocycles. The molecule has 0 fully saturated rings. The van der Waals surface area contributed by atoms with Crippen LogP contribution in [0.2, 0.25) is 0 Å². The third kappa shape index (κ3) is 9.87. The minimum absolute atomic E-state index is 0.0238. The van der Waals surface area contributed by atoms with Gasteiger partial charge < -0.3 is 30.3 Å². The van der Waals surface area contributed by atoms with Crippen molar-refractivity contribution in [2.45, 2.75) is 51.7 Å². The van der Waals surface area contributed by atoms with Crippen LogP contribution >= 0.6 is 0 Å². The molecule has 1 amide bonds. The van der Waals surface area contributed by atoms with Gasteiger partial charge in [0.05, 0.1) is 17.1 Å². The van der Waals surface area contributed by atoms with Gasteiger partial charge in [-0.3, -0.25) is 9.35 Å². The van der Waals surface area contributed by atoms with Crippen LogP contribution in [0.25, 0.3) is 22.3 Å². The van der Waals surface area contributed by atoms with Crippen molar-refractivity contribution in [2.75, 3.05) is 41.7 Å². The number of rotatable bonds is 17. The smallest absolute Gasteiger partial charge is 0.264 e. The summed E-state index contributed by atoms with van der Waals surface area (Å²) in [5.74, 6) is 1.87. The van der Waals surface area contributed by atoms with Gasteiger partial charge in [-0.2, -0.15) is 8.42 Å². The van der Waals surface area contributed by atoms with Crippen LogP contribution in [-0.4, -0.2) is 57.0 Å². The molecule has 53 heavy (non-hydrogen) atoms. The highest BCUT2D eigenvalue weighted by Crippen LogP contribution is 2.43. The molecule has 0 bridgehead atoms. The molecule has 0 radical (unpaired) electrons. The third-order valence-electron chi connectivity index (χ3n) is 9.39. The Morgan fingerprint density at radius 3 is 2.13 bits per heavy atom. The molecule has 4 N–H and O–H groups in total. The van der Waals surface area contributed by atoms with Crippen LogP contribution in [0.15, 0.2) is 121 Å². The Bertz CT molecular complexity index is 2040. The van der Waals surface area contributed by atoms with Gasteiger partial charge in [0.25, 0.3) is 10.1 Å². The summed E-state index contributed by atoms with van der Waals surface area (Å²) in [6.45, 7) is 4.06. The molecular formula is C42H48N4O6S. The number of nitrogens with zero attached hydrogens (tertiary/aromatic N) is 2. The summed E-state index contributed by atoms with van der Waals surface area (Å²) in [4.78, 5) is 16.4. The number of nitrogens with two attached hydrogens (primary N) is 1. The maximum absolute atomic E-state index is 12.1. The van der Waals surface area contributed by atoms with Gasteiger partial charge in [0.1, 0.15) is 5.75 Å². The Hall–Kier alpha value is -5.10. The summed E-state index contributed by atoms with van der Waals surface area (Å²) in [5, 5.41) is 2.84. The maximum atomic E-state index is 12.1. The fourth-order valence-electron chi connectivity index (χ4n) is 6.66. The number of unbranched alkanes of at least 4 members (excludes halogenated alkanes) is 2. The van der Waals surface area contributed by atoms with Crippen molar-refractivity contribution in [3.63, 3.8) is 0 Å². The van der Waals surface area contributed by atoms with Crippen LogP contribution in [0.4, 0.5) is 11.4 Å². The van der Waals surface area contributed by atoms with Gasteiger partial charge >= 0.3 is 0 Å². The van der Waals surface area contributed by atoms with E-state index in [4.69, 9.17) is 15.2 Å². The minimum atomic E-state index is -4.12. The molecule has 1 atom stereocenters. The second-order valence-electron chi connectivity index (χ2n) is 13.2. The third-order valence-corrected chi connectivity index (χ3v) is 10.2.